The van der Waals surface area contributed by atoms with Gasteiger partial charge in [0.05, 0.1) is 31.3 Å². The lowest BCUT2D eigenvalue weighted by Crippen LogP contribution is -2.40. The van der Waals surface area contributed by atoms with Gasteiger partial charge in [0.15, 0.2) is 23.0 Å². The van der Waals surface area contributed by atoms with Crippen LogP contribution in [0, 0.1) is 5.92 Å². The summed E-state index contributed by atoms with van der Waals surface area (Å²) < 4.78 is 24.8. The molecule has 4 N–H and O–H groups in total. The number of allylic oxidation sites excluding steroid dienone is 1. The molecular weight excluding hydrogens is 549 g/mol. The number of benzene rings is 1. The first-order chi connectivity index (χ1) is 19.7. The number of para-hydroxylation sites is 1. The molecule has 2 aromatic heterocycles. The number of nitrogen functional groups attached to an aromatic ring is 1. The van der Waals surface area contributed by atoms with Gasteiger partial charge in [0.2, 0.25) is 5.95 Å². The van der Waals surface area contributed by atoms with Gasteiger partial charge in [-0.15, -0.1) is 0 Å². The van der Waals surface area contributed by atoms with Crippen LogP contribution in [0.25, 0.3) is 11.2 Å². The van der Waals surface area contributed by atoms with Crippen molar-refractivity contribution in [3.8, 4) is 0 Å². The molecule has 13 nitrogen and oxygen atoms in total. The fourth-order valence-electron chi connectivity index (χ4n) is 4.57. The summed E-state index contributed by atoms with van der Waals surface area (Å²) in [5, 5.41) is 4.73. The summed E-state index contributed by atoms with van der Waals surface area (Å²) in [5.41, 5.74) is 7.83. The van der Waals surface area contributed by atoms with Crippen LogP contribution in [-0.2, 0) is 23.2 Å². The van der Waals surface area contributed by atoms with Gasteiger partial charge in [0, 0.05) is 12.0 Å². The third-order valence-electron chi connectivity index (χ3n) is 6.95. The fourth-order valence-corrected chi connectivity index (χ4v) is 5.39. The molecular formula is C27H36N7O6P. The van der Waals surface area contributed by atoms with Crippen molar-refractivity contribution in [2.45, 2.75) is 64.1 Å². The van der Waals surface area contributed by atoms with Gasteiger partial charge in [-0.05, 0) is 44.7 Å². The standard InChI is InChI=1S/C27H36N7O6P/c1-3-4-14-38-34(21-8-6-5-7-9-21)18(2)26(35)40-41(36,37)39-16-19-10-13-22(15-19)33-17-29-23-24(30-20-11-12-20)31-27(28)32-25(23)33/h5-10,13,17-20,22H,3-4,11-12,14-16H2,1-2H3,(H,36,37)(H3,28,30,31,32)/t18-,19+,22-/m0/s1. The molecule has 0 bridgehead atoms. The topological polar surface area (TPSA) is 167 Å². The average molecular weight is 586 g/mol. The Bertz CT molecular complexity index is 1430. The van der Waals surface area contributed by atoms with E-state index in [9.17, 15) is 14.3 Å². The Morgan fingerprint density at radius 2 is 2.05 bits per heavy atom. The number of rotatable bonds is 14. The molecule has 1 saturated carbocycles. The highest BCUT2D eigenvalue weighted by Crippen LogP contribution is 2.45. The van der Waals surface area contributed by atoms with Crippen LogP contribution in [0.2, 0.25) is 0 Å². The minimum Gasteiger partial charge on any atom is -0.369 e. The zero-order chi connectivity index (χ0) is 29.0. The molecule has 1 aromatic carbocycles. The predicted molar refractivity (Wildman–Crippen MR) is 154 cm³/mol. The molecule has 1 fully saturated rings. The third-order valence-corrected chi connectivity index (χ3v) is 7.84. The maximum atomic E-state index is 12.9. The zero-order valence-electron chi connectivity index (χ0n) is 23.1. The fraction of sp³-hybridized carbons (Fsp3) is 0.481. The van der Waals surface area contributed by atoms with Crippen LogP contribution >= 0.6 is 7.82 Å². The summed E-state index contributed by atoms with van der Waals surface area (Å²) in [6.45, 7) is 3.84. The molecule has 14 heteroatoms. The lowest BCUT2D eigenvalue weighted by molar-refractivity contribution is -0.139. The van der Waals surface area contributed by atoms with Crippen LogP contribution in [-0.4, -0.2) is 55.7 Å². The van der Waals surface area contributed by atoms with Crippen molar-refractivity contribution in [2.24, 2.45) is 5.92 Å². The first kappa shape index (κ1) is 29.0. The van der Waals surface area contributed by atoms with E-state index in [1.165, 1.54) is 5.06 Å². The maximum absolute atomic E-state index is 12.9. The molecule has 0 radical (unpaired) electrons. The molecule has 0 amide bonds. The van der Waals surface area contributed by atoms with Crippen LogP contribution < -0.4 is 16.1 Å². The Balaban J connectivity index is 1.17. The maximum Gasteiger partial charge on any atom is 0.529 e. The van der Waals surface area contributed by atoms with Crippen molar-refractivity contribution < 1.29 is 28.1 Å². The number of phosphoric acid groups is 1. The van der Waals surface area contributed by atoms with Crippen LogP contribution in [0.4, 0.5) is 17.5 Å². The number of nitrogens with zero attached hydrogens (tertiary/aromatic N) is 5. The minimum atomic E-state index is -4.69. The van der Waals surface area contributed by atoms with Crippen LogP contribution in [0.1, 0.15) is 52.0 Å². The van der Waals surface area contributed by atoms with E-state index in [1.54, 1.807) is 25.4 Å². The summed E-state index contributed by atoms with van der Waals surface area (Å²) in [4.78, 5) is 42.2. The molecule has 4 atom stereocenters. The Hall–Kier alpha value is -3.51. The normalized spacial score (nSPS) is 20.6. The first-order valence-electron chi connectivity index (χ1n) is 13.9. The SMILES string of the molecule is CCCCON(c1ccccc1)[C@@H](C)C(=O)OP(=O)(O)OC[C@@H]1C=C[C@H](n2cnc3c(NC4CC4)nc(N)nc32)C1. The number of imidazole rings is 1. The molecule has 2 aliphatic carbocycles. The number of hydrogen-bond donors (Lipinski definition) is 3. The van der Waals surface area contributed by atoms with Gasteiger partial charge in [-0.25, -0.2) is 19.4 Å². The summed E-state index contributed by atoms with van der Waals surface area (Å²) in [6.07, 6.45) is 9.98. The van der Waals surface area contributed by atoms with E-state index >= 15 is 0 Å². The first-order valence-corrected chi connectivity index (χ1v) is 15.4. The van der Waals surface area contributed by atoms with Gasteiger partial charge in [-0.2, -0.15) is 9.97 Å². The second kappa shape index (κ2) is 12.6. The highest BCUT2D eigenvalue weighted by molar-refractivity contribution is 7.48. The highest BCUT2D eigenvalue weighted by Gasteiger charge is 2.34. The van der Waals surface area contributed by atoms with E-state index in [2.05, 4.69) is 20.3 Å². The molecule has 1 unspecified atom stereocenters. The Morgan fingerprint density at radius 1 is 1.27 bits per heavy atom. The van der Waals surface area contributed by atoms with E-state index in [-0.39, 0.29) is 24.5 Å². The molecule has 0 aliphatic heterocycles. The Kier molecular flexibility index (Phi) is 8.88. The lowest BCUT2D eigenvalue weighted by Gasteiger charge is -2.29. The highest BCUT2D eigenvalue weighted by atomic mass is 31.2. The molecule has 41 heavy (non-hydrogen) atoms. The molecule has 2 aliphatic rings. The van der Waals surface area contributed by atoms with E-state index in [4.69, 9.17) is 19.6 Å². The zero-order valence-corrected chi connectivity index (χ0v) is 24.0. The molecule has 2 heterocycles. The van der Waals surface area contributed by atoms with E-state index in [0.717, 1.165) is 25.7 Å². The second-order valence-corrected chi connectivity index (χ2v) is 11.7. The smallest absolute Gasteiger partial charge is 0.369 e. The number of hydrogen-bond acceptors (Lipinski definition) is 11. The number of nitrogens with two attached hydrogens (primary N) is 1. The average Bonchev–Trinajstić information content (AvgIpc) is 3.46. The molecule has 5 rings (SSSR count). The largest absolute Gasteiger partial charge is 0.529 e. The van der Waals surface area contributed by atoms with Crippen molar-refractivity contribution in [3.63, 3.8) is 0 Å². The van der Waals surface area contributed by atoms with Crippen LogP contribution in [0.3, 0.4) is 0 Å². The quantitative estimate of drug-likeness (QED) is 0.106. The molecule has 0 saturated heterocycles. The van der Waals surface area contributed by atoms with Crippen molar-refractivity contribution in [3.05, 3.63) is 48.8 Å². The van der Waals surface area contributed by atoms with Crippen LogP contribution in [0.15, 0.2) is 48.8 Å². The van der Waals surface area contributed by atoms with Crippen molar-refractivity contribution in [1.29, 1.82) is 0 Å². The lowest BCUT2D eigenvalue weighted by atomic mass is 10.1. The number of anilines is 3. The predicted octanol–water partition coefficient (Wildman–Crippen LogP) is 4.39. The number of carbonyl (C=O) groups is 1. The van der Waals surface area contributed by atoms with Gasteiger partial charge in [0.25, 0.3) is 0 Å². The van der Waals surface area contributed by atoms with Crippen molar-refractivity contribution >= 4 is 42.4 Å². The van der Waals surface area contributed by atoms with Gasteiger partial charge in [-0.3, -0.25) is 14.3 Å². The van der Waals surface area contributed by atoms with Crippen molar-refractivity contribution in [2.75, 3.05) is 29.3 Å². The number of unbranched alkanes of at least 4 members (excludes halogenated alkanes) is 1. The van der Waals surface area contributed by atoms with E-state index < -0.39 is 19.8 Å². The summed E-state index contributed by atoms with van der Waals surface area (Å²) in [6, 6.07) is 8.30. The van der Waals surface area contributed by atoms with Gasteiger partial charge < -0.3 is 20.1 Å². The Labute approximate surface area is 238 Å². The number of aromatic nitrogens is 4. The van der Waals surface area contributed by atoms with E-state index in [0.29, 0.717) is 41.7 Å². The van der Waals surface area contributed by atoms with Crippen LogP contribution in [0.5, 0.6) is 0 Å². The number of phosphoric ester groups is 1. The molecule has 3 aromatic rings. The number of carbonyl (C=O) groups excluding carboxylic acids is 1. The molecule has 0 spiro atoms. The summed E-state index contributed by atoms with van der Waals surface area (Å²) in [7, 11) is -4.69. The summed E-state index contributed by atoms with van der Waals surface area (Å²) in [5.74, 6) is -0.359. The summed E-state index contributed by atoms with van der Waals surface area (Å²) >= 11 is 0. The minimum absolute atomic E-state index is 0.114. The molecule has 220 valence electrons. The Morgan fingerprint density at radius 3 is 2.78 bits per heavy atom. The number of fused-ring (bicyclic) bond motifs is 1. The number of hydroxylamine groups is 1. The van der Waals surface area contributed by atoms with Crippen molar-refractivity contribution in [1.82, 2.24) is 19.5 Å². The van der Waals surface area contributed by atoms with Gasteiger partial charge in [-0.1, -0.05) is 43.7 Å². The van der Waals surface area contributed by atoms with Gasteiger partial charge in [0.1, 0.15) is 0 Å². The second-order valence-electron chi connectivity index (χ2n) is 10.3. The van der Waals surface area contributed by atoms with E-state index in [1.807, 2.05) is 41.8 Å². The van der Waals surface area contributed by atoms with Gasteiger partial charge >= 0.3 is 13.8 Å². The number of nitrogens with one attached hydrogen (secondary N) is 1. The monoisotopic (exact) mass is 585 g/mol. The third kappa shape index (κ3) is 7.23.